The van der Waals surface area contributed by atoms with E-state index in [1.54, 1.807) is 0 Å². The normalized spacial score (nSPS) is 14.4. The first-order chi connectivity index (χ1) is 16.0. The van der Waals surface area contributed by atoms with Gasteiger partial charge in [-0.05, 0) is 61.6 Å². The summed E-state index contributed by atoms with van der Waals surface area (Å²) >= 11 is 5.79. The van der Waals surface area contributed by atoms with E-state index in [1.165, 1.54) is 5.56 Å². The summed E-state index contributed by atoms with van der Waals surface area (Å²) in [6.45, 7) is 9.81. The third-order valence-electron chi connectivity index (χ3n) is 6.12. The molecule has 1 aliphatic heterocycles. The van der Waals surface area contributed by atoms with Crippen LogP contribution >= 0.6 is 12.2 Å². The quantitative estimate of drug-likeness (QED) is 0.514. The standard InChI is InChI=1S/C26H32N4O2S/c1-19-7-9-23(10-8-19)27-26(33)30(12-4-11-29-13-15-32-16-14-29)18-22-17-21-6-3-5-20(2)24(21)28-25(22)31/h3,5-10,17H,4,11-16,18H2,1-2H3,(H,27,33)(H,28,31). The van der Waals surface area contributed by atoms with Crippen molar-refractivity contribution >= 4 is 33.9 Å². The molecule has 174 valence electrons. The second kappa shape index (κ2) is 10.9. The smallest absolute Gasteiger partial charge is 0.253 e. The number of benzene rings is 2. The summed E-state index contributed by atoms with van der Waals surface area (Å²) in [7, 11) is 0. The second-order valence-corrected chi connectivity index (χ2v) is 9.07. The average molecular weight is 465 g/mol. The van der Waals surface area contributed by atoms with Gasteiger partial charge < -0.3 is 19.9 Å². The number of pyridine rings is 1. The lowest BCUT2D eigenvalue weighted by Gasteiger charge is -2.29. The molecule has 0 spiro atoms. The van der Waals surface area contributed by atoms with E-state index in [0.717, 1.165) is 68.0 Å². The van der Waals surface area contributed by atoms with Crippen LogP contribution in [0.3, 0.4) is 0 Å². The van der Waals surface area contributed by atoms with Crippen LogP contribution in [0.1, 0.15) is 23.1 Å². The van der Waals surface area contributed by atoms with Crippen molar-refractivity contribution in [3.63, 3.8) is 0 Å². The highest BCUT2D eigenvalue weighted by atomic mass is 32.1. The number of hydrogen-bond donors (Lipinski definition) is 2. The van der Waals surface area contributed by atoms with Crippen LogP contribution in [0.25, 0.3) is 10.9 Å². The van der Waals surface area contributed by atoms with Crippen LogP contribution in [0.4, 0.5) is 5.69 Å². The summed E-state index contributed by atoms with van der Waals surface area (Å²) in [4.78, 5) is 20.5. The summed E-state index contributed by atoms with van der Waals surface area (Å²) in [6, 6.07) is 16.2. The van der Waals surface area contributed by atoms with Crippen LogP contribution in [0.5, 0.6) is 0 Å². The molecule has 2 aromatic carbocycles. The lowest BCUT2D eigenvalue weighted by Crippen LogP contribution is -2.40. The van der Waals surface area contributed by atoms with Crippen molar-refractivity contribution in [2.75, 3.05) is 44.7 Å². The summed E-state index contributed by atoms with van der Waals surface area (Å²) in [6.07, 6.45) is 0.959. The maximum absolute atomic E-state index is 12.9. The maximum atomic E-state index is 12.9. The lowest BCUT2D eigenvalue weighted by atomic mass is 10.1. The fourth-order valence-electron chi connectivity index (χ4n) is 4.15. The van der Waals surface area contributed by atoms with E-state index < -0.39 is 0 Å². The van der Waals surface area contributed by atoms with Gasteiger partial charge in [-0.3, -0.25) is 9.69 Å². The number of H-pyrrole nitrogens is 1. The number of anilines is 1. The molecule has 4 rings (SSSR count). The molecule has 2 heterocycles. The van der Waals surface area contributed by atoms with E-state index in [1.807, 2.05) is 43.3 Å². The Morgan fingerprint density at radius 3 is 2.67 bits per heavy atom. The molecule has 1 aliphatic rings. The van der Waals surface area contributed by atoms with Crippen LogP contribution < -0.4 is 10.9 Å². The number of aryl methyl sites for hydroxylation is 2. The zero-order chi connectivity index (χ0) is 23.2. The van der Waals surface area contributed by atoms with Crippen molar-refractivity contribution < 1.29 is 4.74 Å². The van der Waals surface area contributed by atoms with E-state index in [9.17, 15) is 4.79 Å². The van der Waals surface area contributed by atoms with Gasteiger partial charge in [-0.2, -0.15) is 0 Å². The fraction of sp³-hybridized carbons (Fsp3) is 0.385. The van der Waals surface area contributed by atoms with Crippen molar-refractivity contribution in [1.29, 1.82) is 0 Å². The number of nitrogens with zero attached hydrogens (tertiary/aromatic N) is 2. The summed E-state index contributed by atoms with van der Waals surface area (Å²) in [5.74, 6) is 0. The number of fused-ring (bicyclic) bond motifs is 1. The van der Waals surface area contributed by atoms with E-state index >= 15 is 0 Å². The number of thiocarbonyl (C=S) groups is 1. The number of ether oxygens (including phenoxy) is 1. The van der Waals surface area contributed by atoms with Crippen LogP contribution in [0.15, 0.2) is 53.3 Å². The molecule has 1 saturated heterocycles. The molecule has 6 nitrogen and oxygen atoms in total. The van der Waals surface area contributed by atoms with E-state index in [0.29, 0.717) is 17.2 Å². The molecule has 2 N–H and O–H groups in total. The number of aromatic nitrogens is 1. The van der Waals surface area contributed by atoms with Gasteiger partial charge in [-0.15, -0.1) is 0 Å². The summed E-state index contributed by atoms with van der Waals surface area (Å²) in [5.41, 5.74) is 4.76. The Bertz CT molecular complexity index is 1150. The highest BCUT2D eigenvalue weighted by Crippen LogP contribution is 2.17. The monoisotopic (exact) mass is 464 g/mol. The summed E-state index contributed by atoms with van der Waals surface area (Å²) in [5, 5.41) is 5.02. The van der Waals surface area contributed by atoms with Crippen LogP contribution in [-0.4, -0.2) is 59.3 Å². The topological polar surface area (TPSA) is 60.6 Å². The number of para-hydroxylation sites is 1. The molecular formula is C26H32N4O2S. The second-order valence-electron chi connectivity index (χ2n) is 8.69. The Morgan fingerprint density at radius 2 is 1.91 bits per heavy atom. The Kier molecular flexibility index (Phi) is 7.75. The number of morpholine rings is 1. The average Bonchev–Trinajstić information content (AvgIpc) is 2.81. The molecule has 0 unspecified atom stereocenters. The molecule has 1 fully saturated rings. The molecule has 33 heavy (non-hydrogen) atoms. The van der Waals surface area contributed by atoms with Crippen molar-refractivity contribution in [1.82, 2.24) is 14.8 Å². The first kappa shape index (κ1) is 23.4. The highest BCUT2D eigenvalue weighted by molar-refractivity contribution is 7.80. The Hall–Kier alpha value is -2.74. The molecule has 0 bridgehead atoms. The maximum Gasteiger partial charge on any atom is 0.253 e. The fourth-order valence-corrected chi connectivity index (χ4v) is 4.43. The van der Waals surface area contributed by atoms with Gasteiger partial charge in [0, 0.05) is 37.4 Å². The van der Waals surface area contributed by atoms with Gasteiger partial charge in [0.2, 0.25) is 0 Å². The van der Waals surface area contributed by atoms with Gasteiger partial charge >= 0.3 is 0 Å². The van der Waals surface area contributed by atoms with Crippen molar-refractivity contribution in [2.45, 2.75) is 26.8 Å². The van der Waals surface area contributed by atoms with Gasteiger partial charge in [0.05, 0.1) is 25.3 Å². The molecule has 7 heteroatoms. The first-order valence-corrected chi connectivity index (χ1v) is 11.9. The number of nitrogens with one attached hydrogen (secondary N) is 2. The predicted octanol–water partition coefficient (Wildman–Crippen LogP) is 4.07. The van der Waals surface area contributed by atoms with Crippen LogP contribution in [-0.2, 0) is 11.3 Å². The van der Waals surface area contributed by atoms with Crippen molar-refractivity contribution in [3.05, 3.63) is 75.6 Å². The Balaban J connectivity index is 1.51. The minimum absolute atomic E-state index is 0.0619. The van der Waals surface area contributed by atoms with E-state index in [4.69, 9.17) is 17.0 Å². The molecule has 1 aromatic heterocycles. The van der Waals surface area contributed by atoms with Crippen LogP contribution in [0, 0.1) is 13.8 Å². The van der Waals surface area contributed by atoms with Gasteiger partial charge in [0.25, 0.3) is 5.56 Å². The third kappa shape index (κ3) is 6.19. The van der Waals surface area contributed by atoms with Crippen molar-refractivity contribution in [2.24, 2.45) is 0 Å². The molecule has 3 aromatic rings. The highest BCUT2D eigenvalue weighted by Gasteiger charge is 2.16. The first-order valence-electron chi connectivity index (χ1n) is 11.5. The SMILES string of the molecule is Cc1ccc(NC(=S)N(CCCN2CCOCC2)Cc2cc3cccc(C)c3[nH]c2=O)cc1. The number of aromatic amines is 1. The number of hydrogen-bond acceptors (Lipinski definition) is 4. The minimum Gasteiger partial charge on any atom is -0.379 e. The molecule has 0 radical (unpaired) electrons. The molecule has 0 saturated carbocycles. The number of rotatable bonds is 7. The zero-order valence-corrected chi connectivity index (χ0v) is 20.2. The van der Waals surface area contributed by atoms with Gasteiger partial charge in [-0.1, -0.05) is 35.9 Å². The summed E-state index contributed by atoms with van der Waals surface area (Å²) < 4.78 is 5.45. The molecule has 0 atom stereocenters. The third-order valence-corrected chi connectivity index (χ3v) is 6.48. The largest absolute Gasteiger partial charge is 0.379 e. The van der Waals surface area contributed by atoms with Gasteiger partial charge in [-0.25, -0.2) is 0 Å². The Labute approximate surface area is 200 Å². The van der Waals surface area contributed by atoms with Crippen molar-refractivity contribution in [3.8, 4) is 0 Å². The predicted molar refractivity (Wildman–Crippen MR) is 139 cm³/mol. The molecular weight excluding hydrogens is 432 g/mol. The molecule has 0 aliphatic carbocycles. The van der Waals surface area contributed by atoms with Gasteiger partial charge in [0.1, 0.15) is 0 Å². The van der Waals surface area contributed by atoms with E-state index in [2.05, 4.69) is 39.2 Å². The zero-order valence-electron chi connectivity index (χ0n) is 19.4. The Morgan fingerprint density at radius 1 is 1.15 bits per heavy atom. The van der Waals surface area contributed by atoms with E-state index in [-0.39, 0.29) is 5.56 Å². The lowest BCUT2D eigenvalue weighted by molar-refractivity contribution is 0.0367. The molecule has 0 amide bonds. The van der Waals surface area contributed by atoms with Crippen LogP contribution in [0.2, 0.25) is 0 Å². The minimum atomic E-state index is -0.0619. The van der Waals surface area contributed by atoms with Gasteiger partial charge in [0.15, 0.2) is 5.11 Å².